The lowest BCUT2D eigenvalue weighted by molar-refractivity contribution is 0.0947. The van der Waals surface area contributed by atoms with E-state index >= 15 is 0 Å². The van der Waals surface area contributed by atoms with Crippen LogP contribution in [0.4, 0.5) is 0 Å². The van der Waals surface area contributed by atoms with Crippen LogP contribution in [0.1, 0.15) is 44.2 Å². The van der Waals surface area contributed by atoms with Crippen LogP contribution in [0.25, 0.3) is 0 Å². The summed E-state index contributed by atoms with van der Waals surface area (Å²) in [6, 6.07) is 3.12. The van der Waals surface area contributed by atoms with Gasteiger partial charge in [0, 0.05) is 35.5 Å². The van der Waals surface area contributed by atoms with Crippen LogP contribution in [0, 0.1) is 0 Å². The second kappa shape index (κ2) is 6.64. The maximum atomic E-state index is 6.02. The van der Waals surface area contributed by atoms with E-state index in [9.17, 15) is 0 Å². The molecule has 1 aliphatic rings. The van der Waals surface area contributed by atoms with Gasteiger partial charge >= 0.3 is 0 Å². The van der Waals surface area contributed by atoms with Gasteiger partial charge in [-0.05, 0) is 53.4 Å². The van der Waals surface area contributed by atoms with Crippen LogP contribution < -0.4 is 5.73 Å². The SMILES string of the molecule is CCC1CCCCN1C(CN)c1cncc(Br)c1. The lowest BCUT2D eigenvalue weighted by Gasteiger charge is -2.40. The van der Waals surface area contributed by atoms with Crippen LogP contribution in [0.2, 0.25) is 0 Å². The molecule has 3 nitrogen and oxygen atoms in total. The minimum atomic E-state index is 0.306. The summed E-state index contributed by atoms with van der Waals surface area (Å²) in [5.74, 6) is 0. The molecule has 0 bridgehead atoms. The van der Waals surface area contributed by atoms with Crippen molar-refractivity contribution < 1.29 is 0 Å². The summed E-state index contributed by atoms with van der Waals surface area (Å²) in [6.45, 7) is 4.09. The highest BCUT2D eigenvalue weighted by molar-refractivity contribution is 9.10. The monoisotopic (exact) mass is 311 g/mol. The molecular weight excluding hydrogens is 290 g/mol. The molecule has 0 aliphatic carbocycles. The molecule has 1 fully saturated rings. The predicted octanol–water partition coefficient (Wildman–Crippen LogP) is 3.11. The molecule has 100 valence electrons. The molecule has 0 aromatic carbocycles. The normalized spacial score (nSPS) is 22.9. The second-order valence-corrected chi connectivity index (χ2v) is 5.90. The third-order valence-corrected chi connectivity index (χ3v) is 4.31. The Bertz CT molecular complexity index is 383. The number of nitrogens with zero attached hydrogens (tertiary/aromatic N) is 2. The zero-order valence-electron chi connectivity index (χ0n) is 11.0. The highest BCUT2D eigenvalue weighted by Crippen LogP contribution is 2.30. The van der Waals surface area contributed by atoms with E-state index < -0.39 is 0 Å². The molecule has 1 aromatic rings. The number of hydrogen-bond donors (Lipinski definition) is 1. The number of likely N-dealkylation sites (tertiary alicyclic amines) is 1. The van der Waals surface area contributed by atoms with Crippen molar-refractivity contribution in [2.45, 2.75) is 44.7 Å². The molecule has 0 radical (unpaired) electrons. The van der Waals surface area contributed by atoms with Gasteiger partial charge in [0.05, 0.1) is 0 Å². The van der Waals surface area contributed by atoms with Gasteiger partial charge in [0.25, 0.3) is 0 Å². The highest BCUT2D eigenvalue weighted by Gasteiger charge is 2.28. The van der Waals surface area contributed by atoms with Crippen LogP contribution in [-0.2, 0) is 0 Å². The molecule has 0 spiro atoms. The Morgan fingerprint density at radius 2 is 2.33 bits per heavy atom. The average molecular weight is 312 g/mol. The number of aromatic nitrogens is 1. The van der Waals surface area contributed by atoms with Gasteiger partial charge in [-0.25, -0.2) is 0 Å². The Labute approximate surface area is 118 Å². The quantitative estimate of drug-likeness (QED) is 0.929. The number of piperidine rings is 1. The van der Waals surface area contributed by atoms with Crippen LogP contribution >= 0.6 is 15.9 Å². The molecule has 18 heavy (non-hydrogen) atoms. The summed E-state index contributed by atoms with van der Waals surface area (Å²) in [5, 5.41) is 0. The van der Waals surface area contributed by atoms with Gasteiger partial charge in [-0.2, -0.15) is 0 Å². The van der Waals surface area contributed by atoms with Gasteiger partial charge in [0.2, 0.25) is 0 Å². The molecule has 0 amide bonds. The molecular formula is C14H22BrN3. The summed E-state index contributed by atoms with van der Waals surface area (Å²) >= 11 is 3.49. The zero-order valence-corrected chi connectivity index (χ0v) is 12.6. The molecule has 4 heteroatoms. The number of rotatable bonds is 4. The molecule has 2 N–H and O–H groups in total. The molecule has 0 saturated carbocycles. The molecule has 2 unspecified atom stereocenters. The Morgan fingerprint density at radius 1 is 1.50 bits per heavy atom. The minimum Gasteiger partial charge on any atom is -0.329 e. The van der Waals surface area contributed by atoms with Gasteiger partial charge < -0.3 is 5.73 Å². The molecule has 2 atom stereocenters. The molecule has 1 saturated heterocycles. The summed E-state index contributed by atoms with van der Waals surface area (Å²) in [4.78, 5) is 6.85. The summed E-state index contributed by atoms with van der Waals surface area (Å²) in [7, 11) is 0. The third-order valence-electron chi connectivity index (χ3n) is 3.88. The van der Waals surface area contributed by atoms with E-state index in [0.717, 1.165) is 11.0 Å². The lowest BCUT2D eigenvalue weighted by atomic mass is 9.95. The van der Waals surface area contributed by atoms with Crippen molar-refractivity contribution in [1.29, 1.82) is 0 Å². The van der Waals surface area contributed by atoms with E-state index in [0.29, 0.717) is 18.6 Å². The minimum absolute atomic E-state index is 0.306. The van der Waals surface area contributed by atoms with Crippen molar-refractivity contribution in [2.75, 3.05) is 13.1 Å². The van der Waals surface area contributed by atoms with Crippen molar-refractivity contribution in [3.05, 3.63) is 28.5 Å². The van der Waals surface area contributed by atoms with E-state index in [1.807, 2.05) is 12.4 Å². The predicted molar refractivity (Wildman–Crippen MR) is 78.4 cm³/mol. The molecule has 1 aromatic heterocycles. The standard InChI is InChI=1S/C14H22BrN3/c1-2-13-5-3-4-6-18(13)14(8-16)11-7-12(15)10-17-9-11/h7,9-10,13-14H,2-6,8,16H2,1H3. The zero-order chi connectivity index (χ0) is 13.0. The first-order valence-electron chi connectivity index (χ1n) is 6.82. The van der Waals surface area contributed by atoms with Crippen LogP contribution in [0.3, 0.4) is 0 Å². The van der Waals surface area contributed by atoms with Crippen molar-refractivity contribution in [1.82, 2.24) is 9.88 Å². The second-order valence-electron chi connectivity index (χ2n) is 4.98. The highest BCUT2D eigenvalue weighted by atomic mass is 79.9. The maximum Gasteiger partial charge on any atom is 0.0489 e. The number of pyridine rings is 1. The summed E-state index contributed by atoms with van der Waals surface area (Å²) in [6.07, 6.45) is 8.91. The Kier molecular flexibility index (Phi) is 5.15. The lowest BCUT2D eigenvalue weighted by Crippen LogP contribution is -2.44. The Morgan fingerprint density at radius 3 is 3.00 bits per heavy atom. The van der Waals surface area contributed by atoms with E-state index in [1.165, 1.54) is 31.2 Å². The largest absolute Gasteiger partial charge is 0.329 e. The number of hydrogen-bond acceptors (Lipinski definition) is 3. The van der Waals surface area contributed by atoms with Gasteiger partial charge in [0.15, 0.2) is 0 Å². The van der Waals surface area contributed by atoms with Gasteiger partial charge in [-0.3, -0.25) is 9.88 Å². The Hall–Kier alpha value is -0.450. The fourth-order valence-corrected chi connectivity index (χ4v) is 3.33. The van der Waals surface area contributed by atoms with Crippen molar-refractivity contribution in [3.63, 3.8) is 0 Å². The van der Waals surface area contributed by atoms with Crippen molar-refractivity contribution in [3.8, 4) is 0 Å². The third kappa shape index (κ3) is 3.11. The first kappa shape index (κ1) is 14.0. The first-order chi connectivity index (χ1) is 8.76. The van der Waals surface area contributed by atoms with E-state index in [-0.39, 0.29) is 0 Å². The van der Waals surface area contributed by atoms with Crippen molar-refractivity contribution >= 4 is 15.9 Å². The molecule has 2 rings (SSSR count). The van der Waals surface area contributed by atoms with Crippen LogP contribution in [-0.4, -0.2) is 29.0 Å². The van der Waals surface area contributed by atoms with Gasteiger partial charge in [0.1, 0.15) is 0 Å². The fraction of sp³-hybridized carbons (Fsp3) is 0.643. The smallest absolute Gasteiger partial charge is 0.0489 e. The van der Waals surface area contributed by atoms with Crippen LogP contribution in [0.5, 0.6) is 0 Å². The average Bonchev–Trinajstić information content (AvgIpc) is 2.40. The van der Waals surface area contributed by atoms with E-state index in [4.69, 9.17) is 5.73 Å². The molecule has 1 aliphatic heterocycles. The number of nitrogens with two attached hydrogens (primary N) is 1. The number of halogens is 1. The van der Waals surface area contributed by atoms with Gasteiger partial charge in [-0.15, -0.1) is 0 Å². The maximum absolute atomic E-state index is 6.02. The topological polar surface area (TPSA) is 42.1 Å². The summed E-state index contributed by atoms with van der Waals surface area (Å²) < 4.78 is 1.03. The fourth-order valence-electron chi connectivity index (χ4n) is 2.95. The van der Waals surface area contributed by atoms with E-state index in [1.54, 1.807) is 0 Å². The van der Waals surface area contributed by atoms with E-state index in [2.05, 4.69) is 38.8 Å². The Balaban J connectivity index is 2.21. The van der Waals surface area contributed by atoms with Gasteiger partial charge in [-0.1, -0.05) is 13.3 Å². The first-order valence-corrected chi connectivity index (χ1v) is 7.61. The van der Waals surface area contributed by atoms with Crippen molar-refractivity contribution in [2.24, 2.45) is 5.73 Å². The van der Waals surface area contributed by atoms with Crippen LogP contribution in [0.15, 0.2) is 22.9 Å². The summed E-state index contributed by atoms with van der Waals surface area (Å²) in [5.41, 5.74) is 7.25. The molecule has 2 heterocycles.